The maximum Gasteiger partial charge on any atom is 0.338 e. The number of hydrogen-bond donors (Lipinski definition) is 2. The average Bonchev–Trinajstić information content (AvgIpc) is 2.62. The molecule has 0 aliphatic carbocycles. The summed E-state index contributed by atoms with van der Waals surface area (Å²) < 4.78 is 28.0. The van der Waals surface area contributed by atoms with Gasteiger partial charge >= 0.3 is 5.97 Å². The minimum Gasteiger partial charge on any atom is -0.478 e. The highest BCUT2D eigenvalue weighted by Crippen LogP contribution is 2.07. The summed E-state index contributed by atoms with van der Waals surface area (Å²) in [6.45, 7) is -0.804. The molecule has 0 radical (unpaired) electrons. The summed E-state index contributed by atoms with van der Waals surface area (Å²) in [5.74, 6) is -2.44. The van der Waals surface area contributed by atoms with Crippen LogP contribution in [0.25, 0.3) is 0 Å². The first kappa shape index (κ1) is 11.2. The number of nitrogens with one attached hydrogen (secondary N) is 1. The second-order valence-electron chi connectivity index (χ2n) is 2.61. The van der Waals surface area contributed by atoms with Crippen LogP contribution in [0.15, 0.2) is 16.7 Å². The molecule has 0 saturated carbocycles. The molecule has 5 nitrogen and oxygen atoms in total. The van der Waals surface area contributed by atoms with Gasteiger partial charge in [-0.15, -0.1) is 0 Å². The molecular weight excluding hydrogens is 212 g/mol. The van der Waals surface area contributed by atoms with Gasteiger partial charge in [-0.2, -0.15) is 0 Å². The smallest absolute Gasteiger partial charge is 0.338 e. The number of carbonyl (C=O) groups is 2. The lowest BCUT2D eigenvalue weighted by Crippen LogP contribution is -2.28. The number of rotatable bonds is 4. The first-order valence-corrected chi connectivity index (χ1v) is 3.89. The van der Waals surface area contributed by atoms with Crippen LogP contribution in [-0.2, 0) is 0 Å². The highest BCUT2D eigenvalue weighted by atomic mass is 19.3. The van der Waals surface area contributed by atoms with E-state index in [1.54, 1.807) is 0 Å². The number of alkyl halides is 2. The lowest BCUT2D eigenvalue weighted by atomic mass is 10.3. The molecule has 82 valence electrons. The largest absolute Gasteiger partial charge is 0.478 e. The van der Waals surface area contributed by atoms with Gasteiger partial charge in [-0.1, -0.05) is 0 Å². The molecule has 0 aliphatic heterocycles. The van der Waals surface area contributed by atoms with Crippen LogP contribution in [0.4, 0.5) is 8.78 Å². The standard InChI is InChI=1S/C8H7F2NO4/c9-6(10)2-11-7(12)5-1-4(3-15-5)8(13)14/h1,3,6H,2H2,(H,11,12)(H,13,14). The van der Waals surface area contributed by atoms with Gasteiger partial charge in [-0.05, 0) is 0 Å². The Morgan fingerprint density at radius 2 is 2.20 bits per heavy atom. The van der Waals surface area contributed by atoms with Gasteiger partial charge in [0.25, 0.3) is 12.3 Å². The Balaban J connectivity index is 2.62. The van der Waals surface area contributed by atoms with Crippen molar-refractivity contribution in [2.75, 3.05) is 6.54 Å². The fraction of sp³-hybridized carbons (Fsp3) is 0.250. The third-order valence-corrected chi connectivity index (χ3v) is 1.49. The van der Waals surface area contributed by atoms with E-state index < -0.39 is 24.8 Å². The average molecular weight is 219 g/mol. The molecule has 1 rings (SSSR count). The van der Waals surface area contributed by atoms with E-state index in [9.17, 15) is 18.4 Å². The Hall–Kier alpha value is -1.92. The van der Waals surface area contributed by atoms with Crippen LogP contribution in [0.3, 0.4) is 0 Å². The third-order valence-electron chi connectivity index (χ3n) is 1.49. The third kappa shape index (κ3) is 3.04. The Morgan fingerprint density at radius 3 is 2.67 bits per heavy atom. The summed E-state index contributed by atoms with van der Waals surface area (Å²) >= 11 is 0. The fourth-order valence-corrected chi connectivity index (χ4v) is 0.824. The van der Waals surface area contributed by atoms with Crippen molar-refractivity contribution < 1.29 is 27.9 Å². The van der Waals surface area contributed by atoms with Crippen molar-refractivity contribution in [1.29, 1.82) is 0 Å². The van der Waals surface area contributed by atoms with Crippen LogP contribution in [0.2, 0.25) is 0 Å². The van der Waals surface area contributed by atoms with Crippen molar-refractivity contribution in [3.63, 3.8) is 0 Å². The van der Waals surface area contributed by atoms with Gasteiger partial charge in [-0.25, -0.2) is 13.6 Å². The number of hydrogen-bond acceptors (Lipinski definition) is 3. The van der Waals surface area contributed by atoms with E-state index in [-0.39, 0.29) is 11.3 Å². The minimum absolute atomic E-state index is 0.211. The quantitative estimate of drug-likeness (QED) is 0.790. The monoisotopic (exact) mass is 219 g/mol. The highest BCUT2D eigenvalue weighted by molar-refractivity contribution is 5.95. The first-order valence-electron chi connectivity index (χ1n) is 3.89. The zero-order valence-electron chi connectivity index (χ0n) is 7.37. The van der Waals surface area contributed by atoms with E-state index in [1.165, 1.54) is 0 Å². The molecule has 1 amide bonds. The van der Waals surface area contributed by atoms with Crippen molar-refractivity contribution in [2.24, 2.45) is 0 Å². The summed E-state index contributed by atoms with van der Waals surface area (Å²) in [6.07, 6.45) is -1.80. The fourth-order valence-electron chi connectivity index (χ4n) is 0.824. The number of carboxylic acid groups (broad SMARTS) is 1. The second kappa shape index (κ2) is 4.54. The highest BCUT2D eigenvalue weighted by Gasteiger charge is 2.15. The molecule has 2 N–H and O–H groups in total. The predicted molar refractivity (Wildman–Crippen MR) is 44.0 cm³/mol. The van der Waals surface area contributed by atoms with Crippen molar-refractivity contribution in [2.45, 2.75) is 6.43 Å². The molecule has 1 aromatic rings. The van der Waals surface area contributed by atoms with Crippen LogP contribution in [-0.4, -0.2) is 30.0 Å². The maximum atomic E-state index is 11.7. The van der Waals surface area contributed by atoms with E-state index in [1.807, 2.05) is 5.32 Å². The maximum absolute atomic E-state index is 11.7. The number of carbonyl (C=O) groups excluding carboxylic acids is 1. The van der Waals surface area contributed by atoms with Crippen molar-refractivity contribution in [1.82, 2.24) is 5.32 Å². The van der Waals surface area contributed by atoms with Gasteiger partial charge < -0.3 is 14.8 Å². The van der Waals surface area contributed by atoms with Gasteiger partial charge in [0.05, 0.1) is 12.1 Å². The number of aromatic carboxylic acids is 1. The van der Waals surface area contributed by atoms with Crippen molar-refractivity contribution in [3.05, 3.63) is 23.7 Å². The van der Waals surface area contributed by atoms with Gasteiger partial charge in [-0.3, -0.25) is 4.79 Å². The van der Waals surface area contributed by atoms with E-state index in [0.29, 0.717) is 0 Å². The zero-order valence-corrected chi connectivity index (χ0v) is 7.37. The second-order valence-corrected chi connectivity index (χ2v) is 2.61. The van der Waals surface area contributed by atoms with E-state index in [0.717, 1.165) is 12.3 Å². The minimum atomic E-state index is -2.66. The van der Waals surface area contributed by atoms with E-state index >= 15 is 0 Å². The summed E-state index contributed by atoms with van der Waals surface area (Å²) in [5, 5.41) is 10.4. The Labute approximate surface area is 82.7 Å². The Kier molecular flexibility index (Phi) is 3.37. The molecule has 7 heteroatoms. The lowest BCUT2D eigenvalue weighted by molar-refractivity contribution is 0.0696. The number of carboxylic acids is 1. The van der Waals surface area contributed by atoms with Crippen molar-refractivity contribution in [3.8, 4) is 0 Å². The van der Waals surface area contributed by atoms with E-state index in [4.69, 9.17) is 5.11 Å². The summed E-state index contributed by atoms with van der Waals surface area (Å²) in [5.41, 5.74) is -0.211. The van der Waals surface area contributed by atoms with Crippen LogP contribution in [0.5, 0.6) is 0 Å². The molecule has 0 bridgehead atoms. The van der Waals surface area contributed by atoms with Gasteiger partial charge in [0.15, 0.2) is 5.76 Å². The van der Waals surface area contributed by atoms with E-state index in [2.05, 4.69) is 4.42 Å². The predicted octanol–water partition coefficient (Wildman–Crippen LogP) is 0.973. The number of furan rings is 1. The molecule has 15 heavy (non-hydrogen) atoms. The molecule has 0 fully saturated rings. The molecule has 0 spiro atoms. The first-order chi connectivity index (χ1) is 7.00. The summed E-state index contributed by atoms with van der Waals surface area (Å²) in [6, 6.07) is 0.961. The topological polar surface area (TPSA) is 79.5 Å². The lowest BCUT2D eigenvalue weighted by Gasteiger charge is -2.00. The normalized spacial score (nSPS) is 10.3. The molecular formula is C8H7F2NO4. The molecule has 0 saturated heterocycles. The van der Waals surface area contributed by atoms with Gasteiger partial charge in [0, 0.05) is 6.07 Å². The Bertz CT molecular complexity index is 374. The van der Waals surface area contributed by atoms with Crippen LogP contribution in [0, 0.1) is 0 Å². The number of amides is 1. The SMILES string of the molecule is O=C(O)c1coc(C(=O)NCC(F)F)c1. The van der Waals surface area contributed by atoms with Crippen LogP contribution < -0.4 is 5.32 Å². The number of halogens is 2. The Morgan fingerprint density at radius 1 is 1.53 bits per heavy atom. The van der Waals surface area contributed by atoms with Gasteiger partial charge in [0.2, 0.25) is 0 Å². The zero-order chi connectivity index (χ0) is 11.4. The molecule has 1 heterocycles. The van der Waals surface area contributed by atoms with Crippen molar-refractivity contribution >= 4 is 11.9 Å². The summed E-state index contributed by atoms with van der Waals surface area (Å²) in [7, 11) is 0. The molecule has 0 atom stereocenters. The molecule has 0 aliphatic rings. The van der Waals surface area contributed by atoms with Crippen LogP contribution in [0.1, 0.15) is 20.9 Å². The molecule has 1 aromatic heterocycles. The molecule has 0 unspecified atom stereocenters. The van der Waals surface area contributed by atoms with Crippen LogP contribution >= 0.6 is 0 Å². The molecule has 0 aromatic carbocycles. The summed E-state index contributed by atoms with van der Waals surface area (Å²) in [4.78, 5) is 21.4. The van der Waals surface area contributed by atoms with Gasteiger partial charge in [0.1, 0.15) is 6.26 Å².